The number of hydrogen-bond acceptors (Lipinski definition) is 6. The summed E-state index contributed by atoms with van der Waals surface area (Å²) < 4.78 is 21.4. The summed E-state index contributed by atoms with van der Waals surface area (Å²) >= 11 is 0. The van der Waals surface area contributed by atoms with Crippen LogP contribution in [0.25, 0.3) is 16.8 Å². The third kappa shape index (κ3) is 3.31. The van der Waals surface area contributed by atoms with Crippen LogP contribution in [-0.4, -0.2) is 45.8 Å². The number of amides is 2. The zero-order chi connectivity index (χ0) is 19.8. The maximum atomic E-state index is 14.8. The van der Waals surface area contributed by atoms with E-state index in [2.05, 4.69) is 15.4 Å². The minimum atomic E-state index is -0.581. The number of hydrogen-bond donors (Lipinski definition) is 2. The summed E-state index contributed by atoms with van der Waals surface area (Å²) in [4.78, 5) is 28.4. The molecule has 1 aliphatic heterocycles. The molecule has 2 amide bonds. The molecule has 1 saturated heterocycles. The fraction of sp³-hybridized carbons (Fsp3) is 0.222. The average Bonchev–Trinajstić information content (AvgIpc) is 3.20. The number of fused-ring (bicyclic) bond motifs is 1. The molecule has 0 saturated carbocycles. The van der Waals surface area contributed by atoms with Crippen molar-refractivity contribution in [2.45, 2.75) is 13.0 Å². The van der Waals surface area contributed by atoms with Crippen LogP contribution in [0.4, 0.5) is 20.8 Å². The molecule has 0 unspecified atom stereocenters. The van der Waals surface area contributed by atoms with Gasteiger partial charge in [0.1, 0.15) is 11.9 Å². The molecule has 0 bridgehead atoms. The van der Waals surface area contributed by atoms with E-state index in [0.29, 0.717) is 22.5 Å². The number of nitrogen functional groups attached to an aromatic ring is 1. The first-order valence-corrected chi connectivity index (χ1v) is 8.55. The molecular formula is C18H17FN6O3. The predicted molar refractivity (Wildman–Crippen MR) is 99.1 cm³/mol. The molecule has 4 rings (SSSR count). The number of cyclic esters (lactones) is 1. The van der Waals surface area contributed by atoms with E-state index in [1.165, 1.54) is 22.4 Å². The number of carbonyl (C=O) groups is 2. The Balaban J connectivity index is 1.57. The van der Waals surface area contributed by atoms with Gasteiger partial charge in [0.05, 0.1) is 18.8 Å². The quantitative estimate of drug-likeness (QED) is 0.706. The Labute approximate surface area is 158 Å². The summed E-state index contributed by atoms with van der Waals surface area (Å²) in [6, 6.07) is 7.91. The Morgan fingerprint density at radius 1 is 1.39 bits per heavy atom. The number of nitrogens with two attached hydrogens (primary N) is 1. The number of ether oxygens (including phenoxy) is 1. The first-order chi connectivity index (χ1) is 13.4. The third-order valence-electron chi connectivity index (χ3n) is 4.38. The van der Waals surface area contributed by atoms with Gasteiger partial charge in [-0.15, -0.1) is 5.10 Å². The number of anilines is 2. The Morgan fingerprint density at radius 2 is 2.21 bits per heavy atom. The number of aromatic nitrogens is 3. The van der Waals surface area contributed by atoms with E-state index in [1.807, 2.05) is 0 Å². The van der Waals surface area contributed by atoms with Gasteiger partial charge < -0.3 is 15.8 Å². The minimum Gasteiger partial charge on any atom is -0.442 e. The molecular weight excluding hydrogens is 367 g/mol. The molecule has 10 heteroatoms. The van der Waals surface area contributed by atoms with Crippen molar-refractivity contribution in [1.29, 1.82) is 0 Å². The van der Waals surface area contributed by atoms with Gasteiger partial charge >= 0.3 is 6.09 Å². The Morgan fingerprint density at radius 3 is 2.96 bits per heavy atom. The van der Waals surface area contributed by atoms with Gasteiger partial charge in [0.2, 0.25) is 11.9 Å². The molecule has 0 spiro atoms. The van der Waals surface area contributed by atoms with Crippen molar-refractivity contribution in [2.24, 2.45) is 0 Å². The monoisotopic (exact) mass is 384 g/mol. The molecule has 1 fully saturated rings. The maximum absolute atomic E-state index is 14.8. The van der Waals surface area contributed by atoms with E-state index < -0.39 is 18.0 Å². The molecule has 3 N–H and O–H groups in total. The van der Waals surface area contributed by atoms with Crippen LogP contribution in [0.15, 0.2) is 36.5 Å². The van der Waals surface area contributed by atoms with Crippen molar-refractivity contribution in [3.05, 3.63) is 42.3 Å². The van der Waals surface area contributed by atoms with Crippen LogP contribution in [0.2, 0.25) is 0 Å². The van der Waals surface area contributed by atoms with E-state index in [9.17, 15) is 14.0 Å². The number of nitrogens with one attached hydrogen (secondary N) is 1. The highest BCUT2D eigenvalue weighted by atomic mass is 19.1. The fourth-order valence-electron chi connectivity index (χ4n) is 3.06. The largest absolute Gasteiger partial charge is 0.442 e. The van der Waals surface area contributed by atoms with Crippen molar-refractivity contribution in [3.63, 3.8) is 0 Å². The van der Waals surface area contributed by atoms with E-state index in [-0.39, 0.29) is 24.9 Å². The van der Waals surface area contributed by atoms with E-state index in [1.54, 1.807) is 30.5 Å². The molecule has 0 radical (unpaired) electrons. The van der Waals surface area contributed by atoms with Gasteiger partial charge in [0.25, 0.3) is 0 Å². The van der Waals surface area contributed by atoms with Crippen LogP contribution in [0.1, 0.15) is 6.92 Å². The lowest BCUT2D eigenvalue weighted by atomic mass is 10.1. The number of nitrogens with zero attached hydrogens (tertiary/aromatic N) is 4. The highest BCUT2D eigenvalue weighted by molar-refractivity contribution is 5.90. The Hall–Kier alpha value is -3.69. The smallest absolute Gasteiger partial charge is 0.414 e. The van der Waals surface area contributed by atoms with Crippen molar-refractivity contribution in [2.75, 3.05) is 23.7 Å². The highest BCUT2D eigenvalue weighted by Gasteiger charge is 2.32. The summed E-state index contributed by atoms with van der Waals surface area (Å²) in [6.07, 6.45) is 0.561. The van der Waals surface area contributed by atoms with E-state index >= 15 is 0 Å². The number of carbonyl (C=O) groups excluding carboxylic acids is 2. The molecule has 0 aliphatic carbocycles. The van der Waals surface area contributed by atoms with Gasteiger partial charge in [-0.05, 0) is 30.3 Å². The summed E-state index contributed by atoms with van der Waals surface area (Å²) in [5.41, 5.74) is 7.45. The average molecular weight is 384 g/mol. The summed E-state index contributed by atoms with van der Waals surface area (Å²) in [5.74, 6) is -0.576. The van der Waals surface area contributed by atoms with Crippen LogP contribution in [-0.2, 0) is 9.53 Å². The zero-order valence-corrected chi connectivity index (χ0v) is 14.9. The molecule has 1 aliphatic rings. The Bertz CT molecular complexity index is 1080. The first kappa shape index (κ1) is 17.7. The standard InChI is InChI=1S/C18H17FN6O3/c1-10(26)21-7-13-9-24(18(27)28-13)12-3-4-14(15(19)6-12)11-2-5-16-22-17(20)23-25(16)8-11/h2-6,8,13H,7,9H2,1H3,(H2,20,23)(H,21,26)/t13-/m0/s1. The van der Waals surface area contributed by atoms with Crippen LogP contribution < -0.4 is 16.0 Å². The van der Waals surface area contributed by atoms with Gasteiger partial charge in [-0.1, -0.05) is 0 Å². The number of rotatable bonds is 4. The first-order valence-electron chi connectivity index (χ1n) is 8.55. The highest BCUT2D eigenvalue weighted by Crippen LogP contribution is 2.29. The lowest BCUT2D eigenvalue weighted by molar-refractivity contribution is -0.119. The summed E-state index contributed by atoms with van der Waals surface area (Å²) in [7, 11) is 0. The summed E-state index contributed by atoms with van der Waals surface area (Å²) in [5, 5.41) is 6.62. The van der Waals surface area contributed by atoms with Crippen molar-refractivity contribution < 1.29 is 18.7 Å². The molecule has 3 aromatic rings. The van der Waals surface area contributed by atoms with Crippen LogP contribution in [0.5, 0.6) is 0 Å². The van der Waals surface area contributed by atoms with Crippen LogP contribution >= 0.6 is 0 Å². The molecule has 1 aromatic carbocycles. The normalized spacial score (nSPS) is 16.4. The SMILES string of the molecule is CC(=O)NC[C@H]1CN(c2ccc(-c3ccc4nc(N)nn4c3)c(F)c2)C(=O)O1. The lowest BCUT2D eigenvalue weighted by Crippen LogP contribution is -2.33. The second kappa shape index (κ2) is 6.80. The van der Waals surface area contributed by atoms with Crippen LogP contribution in [0, 0.1) is 5.82 Å². The van der Waals surface area contributed by atoms with Gasteiger partial charge in [-0.25, -0.2) is 13.7 Å². The van der Waals surface area contributed by atoms with Crippen molar-refractivity contribution >= 4 is 29.3 Å². The van der Waals surface area contributed by atoms with Gasteiger partial charge in [-0.3, -0.25) is 9.69 Å². The maximum Gasteiger partial charge on any atom is 0.414 e. The van der Waals surface area contributed by atoms with E-state index in [4.69, 9.17) is 10.5 Å². The molecule has 3 heterocycles. The lowest BCUT2D eigenvalue weighted by Gasteiger charge is -2.14. The molecule has 1 atom stereocenters. The zero-order valence-electron chi connectivity index (χ0n) is 14.9. The topological polar surface area (TPSA) is 115 Å². The third-order valence-corrected chi connectivity index (χ3v) is 4.38. The number of pyridine rings is 1. The van der Waals surface area contributed by atoms with Crippen LogP contribution in [0.3, 0.4) is 0 Å². The van der Waals surface area contributed by atoms with Crippen molar-refractivity contribution in [3.8, 4) is 11.1 Å². The predicted octanol–water partition coefficient (Wildman–Crippen LogP) is 1.58. The van der Waals surface area contributed by atoms with E-state index in [0.717, 1.165) is 0 Å². The molecule has 2 aromatic heterocycles. The minimum absolute atomic E-state index is 0.134. The summed E-state index contributed by atoms with van der Waals surface area (Å²) in [6.45, 7) is 1.81. The van der Waals surface area contributed by atoms with Crippen molar-refractivity contribution in [1.82, 2.24) is 19.9 Å². The second-order valence-corrected chi connectivity index (χ2v) is 6.41. The second-order valence-electron chi connectivity index (χ2n) is 6.41. The number of benzene rings is 1. The molecule has 144 valence electrons. The van der Waals surface area contributed by atoms with Gasteiger partial charge in [0.15, 0.2) is 5.65 Å². The van der Waals surface area contributed by atoms with Gasteiger partial charge in [-0.2, -0.15) is 4.98 Å². The van der Waals surface area contributed by atoms with Gasteiger partial charge in [0, 0.05) is 24.2 Å². The number of halogens is 1. The molecule has 9 nitrogen and oxygen atoms in total. The Kier molecular flexibility index (Phi) is 4.30. The fourth-order valence-corrected chi connectivity index (χ4v) is 3.06. The molecule has 28 heavy (non-hydrogen) atoms.